The third kappa shape index (κ3) is 4.23. The van der Waals surface area contributed by atoms with E-state index in [-0.39, 0.29) is 5.82 Å². The number of rotatable bonds is 5. The minimum Gasteiger partial charge on any atom is -0.314 e. The molecular formula is C19H27ClFN. The van der Waals surface area contributed by atoms with E-state index in [0.717, 1.165) is 17.5 Å². The first-order valence-corrected chi connectivity index (χ1v) is 9.28. The summed E-state index contributed by atoms with van der Waals surface area (Å²) in [5.41, 5.74) is 1.14. The molecule has 0 aromatic heterocycles. The predicted molar refractivity (Wildman–Crippen MR) is 91.0 cm³/mol. The maximum absolute atomic E-state index is 13.2. The Kier molecular flexibility index (Phi) is 5.76. The van der Waals surface area contributed by atoms with Gasteiger partial charge in [-0.1, -0.05) is 30.5 Å². The normalized spacial score (nSPS) is 26.5. The van der Waals surface area contributed by atoms with E-state index in [4.69, 9.17) is 11.6 Å². The highest BCUT2D eigenvalue weighted by atomic mass is 35.5. The van der Waals surface area contributed by atoms with Crippen LogP contribution in [0, 0.1) is 11.7 Å². The summed E-state index contributed by atoms with van der Waals surface area (Å²) in [6.45, 7) is 1.18. The Bertz CT molecular complexity index is 476. The molecule has 0 spiro atoms. The predicted octanol–water partition coefficient (Wildman–Crippen LogP) is 5.68. The smallest absolute Gasteiger partial charge is 0.124 e. The molecule has 0 aliphatic heterocycles. The molecule has 0 bridgehead atoms. The van der Waals surface area contributed by atoms with Gasteiger partial charge in [0, 0.05) is 11.1 Å². The van der Waals surface area contributed by atoms with Gasteiger partial charge in [0.05, 0.1) is 0 Å². The highest BCUT2D eigenvalue weighted by Gasteiger charge is 2.24. The molecule has 2 saturated carbocycles. The molecule has 0 unspecified atom stereocenters. The minimum atomic E-state index is -0.236. The second-order valence-electron chi connectivity index (χ2n) is 7.11. The molecule has 1 N–H and O–H groups in total. The van der Waals surface area contributed by atoms with Crippen molar-refractivity contribution in [3.8, 4) is 0 Å². The van der Waals surface area contributed by atoms with Crippen molar-refractivity contribution >= 4 is 11.6 Å². The third-order valence-electron chi connectivity index (χ3n) is 5.59. The van der Waals surface area contributed by atoms with Gasteiger partial charge in [0.1, 0.15) is 5.82 Å². The highest BCUT2D eigenvalue weighted by Crippen LogP contribution is 2.39. The van der Waals surface area contributed by atoms with E-state index in [0.29, 0.717) is 10.9 Å². The van der Waals surface area contributed by atoms with Gasteiger partial charge >= 0.3 is 0 Å². The first kappa shape index (κ1) is 16.3. The summed E-state index contributed by atoms with van der Waals surface area (Å²) in [5.74, 6) is 1.14. The van der Waals surface area contributed by atoms with Gasteiger partial charge in [0.25, 0.3) is 0 Å². The lowest BCUT2D eigenvalue weighted by Crippen LogP contribution is -2.28. The van der Waals surface area contributed by atoms with Crippen LogP contribution >= 0.6 is 11.6 Å². The zero-order chi connectivity index (χ0) is 15.4. The summed E-state index contributed by atoms with van der Waals surface area (Å²) in [5, 5.41) is 4.33. The van der Waals surface area contributed by atoms with Gasteiger partial charge in [-0.15, -0.1) is 0 Å². The molecule has 122 valence electrons. The first-order valence-electron chi connectivity index (χ1n) is 8.90. The Morgan fingerprint density at radius 2 is 1.77 bits per heavy atom. The minimum absolute atomic E-state index is 0.236. The van der Waals surface area contributed by atoms with Crippen LogP contribution in [0.1, 0.15) is 69.3 Å². The van der Waals surface area contributed by atoms with Crippen LogP contribution in [0.2, 0.25) is 5.02 Å². The van der Waals surface area contributed by atoms with Gasteiger partial charge < -0.3 is 5.32 Å². The Labute approximate surface area is 138 Å². The SMILES string of the molecule is Fc1ccc([C@H]2CC[C@@H](CCNC3CCCC3)CC2)c(Cl)c1. The molecular weight excluding hydrogens is 297 g/mol. The van der Waals surface area contributed by atoms with Crippen LogP contribution in [0.3, 0.4) is 0 Å². The second-order valence-corrected chi connectivity index (χ2v) is 7.51. The molecule has 0 radical (unpaired) electrons. The van der Waals surface area contributed by atoms with E-state index in [1.165, 1.54) is 70.4 Å². The largest absolute Gasteiger partial charge is 0.314 e. The second kappa shape index (κ2) is 7.79. The van der Waals surface area contributed by atoms with Crippen molar-refractivity contribution in [1.29, 1.82) is 0 Å². The molecule has 2 aliphatic rings. The summed E-state index contributed by atoms with van der Waals surface area (Å²) in [4.78, 5) is 0. The van der Waals surface area contributed by atoms with Crippen molar-refractivity contribution in [2.24, 2.45) is 5.92 Å². The maximum Gasteiger partial charge on any atom is 0.124 e. The topological polar surface area (TPSA) is 12.0 Å². The van der Waals surface area contributed by atoms with Gasteiger partial charge in [0.2, 0.25) is 0 Å². The third-order valence-corrected chi connectivity index (χ3v) is 5.92. The van der Waals surface area contributed by atoms with Crippen LogP contribution in [0.25, 0.3) is 0 Å². The lowest BCUT2D eigenvalue weighted by molar-refractivity contribution is 0.302. The summed E-state index contributed by atoms with van der Waals surface area (Å²) >= 11 is 6.21. The molecule has 2 fully saturated rings. The lowest BCUT2D eigenvalue weighted by atomic mass is 9.77. The molecule has 1 aromatic rings. The van der Waals surface area contributed by atoms with Crippen LogP contribution in [0.5, 0.6) is 0 Å². The standard InChI is InChI=1S/C19H27ClFN/c20-19-13-16(21)9-10-18(19)15-7-5-14(6-8-15)11-12-22-17-3-1-2-4-17/h9-10,13-15,17,22H,1-8,11-12H2/t14-,15+. The zero-order valence-electron chi connectivity index (χ0n) is 13.3. The summed E-state index contributed by atoms with van der Waals surface area (Å²) in [7, 11) is 0. The number of nitrogens with one attached hydrogen (secondary N) is 1. The van der Waals surface area contributed by atoms with E-state index in [1.54, 1.807) is 6.07 Å². The molecule has 0 saturated heterocycles. The molecule has 1 nitrogen and oxygen atoms in total. The monoisotopic (exact) mass is 323 g/mol. The van der Waals surface area contributed by atoms with Crippen LogP contribution in [-0.4, -0.2) is 12.6 Å². The van der Waals surface area contributed by atoms with Gasteiger partial charge in [-0.3, -0.25) is 0 Å². The maximum atomic E-state index is 13.2. The van der Waals surface area contributed by atoms with Crippen LogP contribution < -0.4 is 5.32 Å². The molecule has 3 heteroatoms. The fraction of sp³-hybridized carbons (Fsp3) is 0.684. The van der Waals surface area contributed by atoms with Gasteiger partial charge in [-0.2, -0.15) is 0 Å². The summed E-state index contributed by atoms with van der Waals surface area (Å²) in [6, 6.07) is 5.66. The van der Waals surface area contributed by atoms with Crippen molar-refractivity contribution < 1.29 is 4.39 Å². The Hall–Kier alpha value is -0.600. The molecule has 0 heterocycles. The quantitative estimate of drug-likeness (QED) is 0.735. The Balaban J connectivity index is 1.42. The average molecular weight is 324 g/mol. The van der Waals surface area contributed by atoms with Gasteiger partial charge in [-0.25, -0.2) is 4.39 Å². The lowest BCUT2D eigenvalue weighted by Gasteiger charge is -2.29. The molecule has 3 rings (SSSR count). The number of halogens is 2. The van der Waals surface area contributed by atoms with Crippen molar-refractivity contribution in [1.82, 2.24) is 5.32 Å². The molecule has 1 aromatic carbocycles. The summed E-state index contributed by atoms with van der Waals surface area (Å²) in [6.07, 6.45) is 11.8. The zero-order valence-corrected chi connectivity index (χ0v) is 14.0. The summed E-state index contributed by atoms with van der Waals surface area (Å²) < 4.78 is 13.2. The average Bonchev–Trinajstić information content (AvgIpc) is 3.02. The number of benzene rings is 1. The first-order chi connectivity index (χ1) is 10.7. The van der Waals surface area contributed by atoms with Crippen LogP contribution in [0.15, 0.2) is 18.2 Å². The van der Waals surface area contributed by atoms with Gasteiger partial charge in [-0.05, 0) is 81.0 Å². The van der Waals surface area contributed by atoms with E-state index < -0.39 is 0 Å². The van der Waals surface area contributed by atoms with E-state index >= 15 is 0 Å². The van der Waals surface area contributed by atoms with E-state index in [9.17, 15) is 4.39 Å². The van der Waals surface area contributed by atoms with E-state index in [1.807, 2.05) is 6.07 Å². The molecule has 0 atom stereocenters. The fourth-order valence-electron chi connectivity index (χ4n) is 4.22. The van der Waals surface area contributed by atoms with Crippen LogP contribution in [-0.2, 0) is 0 Å². The van der Waals surface area contributed by atoms with Crippen molar-refractivity contribution in [3.63, 3.8) is 0 Å². The van der Waals surface area contributed by atoms with Crippen molar-refractivity contribution in [2.45, 2.75) is 69.7 Å². The highest BCUT2D eigenvalue weighted by molar-refractivity contribution is 6.31. The number of hydrogen-bond donors (Lipinski definition) is 1. The Morgan fingerprint density at radius 1 is 1.05 bits per heavy atom. The number of hydrogen-bond acceptors (Lipinski definition) is 1. The van der Waals surface area contributed by atoms with Crippen molar-refractivity contribution in [3.05, 3.63) is 34.6 Å². The Morgan fingerprint density at radius 3 is 2.45 bits per heavy atom. The van der Waals surface area contributed by atoms with Gasteiger partial charge in [0.15, 0.2) is 0 Å². The molecule has 0 amide bonds. The fourth-order valence-corrected chi connectivity index (χ4v) is 4.54. The van der Waals surface area contributed by atoms with Crippen molar-refractivity contribution in [2.75, 3.05) is 6.54 Å². The van der Waals surface area contributed by atoms with Crippen LogP contribution in [0.4, 0.5) is 4.39 Å². The molecule has 22 heavy (non-hydrogen) atoms. The molecule has 2 aliphatic carbocycles. The van der Waals surface area contributed by atoms with E-state index in [2.05, 4.69) is 5.32 Å².